The maximum atomic E-state index is 13.0. The number of carbonyl (C=O) groups excluding carboxylic acids is 2. The number of aromatic nitrogens is 1. The molecule has 166 valence electrons. The van der Waals surface area contributed by atoms with Gasteiger partial charge < -0.3 is 4.90 Å². The average molecular weight is 445 g/mol. The molecule has 0 bridgehead atoms. The van der Waals surface area contributed by atoms with Gasteiger partial charge in [0.1, 0.15) is 5.82 Å². The molecule has 1 saturated heterocycles. The molecule has 0 atom stereocenters. The standard InChI is InChI=1S/C23H29FN4O2S/c24-18-8-6-17(7-9-18)22(30)26-23-25-19(16-31-23)10-11-21(29)28-14-12-27(13-15-28)20-4-2-1-3-5-20/h6-9,16,20H,1-5,10-15H2,(H,25,26,30). The zero-order valence-electron chi connectivity index (χ0n) is 17.7. The molecule has 0 spiro atoms. The molecular weight excluding hydrogens is 415 g/mol. The van der Waals surface area contributed by atoms with Crippen LogP contribution < -0.4 is 5.32 Å². The first-order valence-electron chi connectivity index (χ1n) is 11.1. The van der Waals surface area contributed by atoms with Crippen molar-refractivity contribution in [2.45, 2.75) is 51.0 Å². The number of anilines is 1. The van der Waals surface area contributed by atoms with Crippen molar-refractivity contribution in [1.82, 2.24) is 14.8 Å². The minimum Gasteiger partial charge on any atom is -0.340 e. The smallest absolute Gasteiger partial charge is 0.257 e. The molecule has 8 heteroatoms. The molecule has 1 aliphatic heterocycles. The lowest BCUT2D eigenvalue weighted by Crippen LogP contribution is -2.52. The minimum atomic E-state index is -0.381. The van der Waals surface area contributed by atoms with Crippen LogP contribution in [-0.4, -0.2) is 58.8 Å². The van der Waals surface area contributed by atoms with E-state index in [1.165, 1.54) is 67.7 Å². The number of nitrogens with one attached hydrogen (secondary N) is 1. The van der Waals surface area contributed by atoms with Crippen molar-refractivity contribution in [1.29, 1.82) is 0 Å². The van der Waals surface area contributed by atoms with Crippen LogP contribution in [0.1, 0.15) is 54.6 Å². The summed E-state index contributed by atoms with van der Waals surface area (Å²) in [5.74, 6) is -0.533. The molecule has 1 aromatic carbocycles. The van der Waals surface area contributed by atoms with E-state index in [1.54, 1.807) is 0 Å². The molecule has 31 heavy (non-hydrogen) atoms. The van der Waals surface area contributed by atoms with Crippen molar-refractivity contribution >= 4 is 28.3 Å². The van der Waals surface area contributed by atoms with Crippen LogP contribution in [0.4, 0.5) is 9.52 Å². The Bertz CT molecular complexity index is 887. The number of benzene rings is 1. The van der Waals surface area contributed by atoms with Gasteiger partial charge in [-0.1, -0.05) is 19.3 Å². The zero-order valence-corrected chi connectivity index (χ0v) is 18.5. The second-order valence-corrected chi connectivity index (χ2v) is 9.17. The molecule has 2 heterocycles. The van der Waals surface area contributed by atoms with Crippen LogP contribution >= 0.6 is 11.3 Å². The Morgan fingerprint density at radius 3 is 2.48 bits per heavy atom. The quantitative estimate of drug-likeness (QED) is 0.733. The highest BCUT2D eigenvalue weighted by Gasteiger charge is 2.26. The van der Waals surface area contributed by atoms with E-state index in [1.807, 2.05) is 10.3 Å². The van der Waals surface area contributed by atoms with E-state index in [-0.39, 0.29) is 17.6 Å². The van der Waals surface area contributed by atoms with Crippen LogP contribution in [0.2, 0.25) is 0 Å². The van der Waals surface area contributed by atoms with Crippen LogP contribution in [0.15, 0.2) is 29.6 Å². The number of carbonyl (C=O) groups is 2. The van der Waals surface area contributed by atoms with E-state index in [0.717, 1.165) is 31.9 Å². The summed E-state index contributed by atoms with van der Waals surface area (Å²) in [4.78, 5) is 33.8. The summed E-state index contributed by atoms with van der Waals surface area (Å²) < 4.78 is 13.0. The summed E-state index contributed by atoms with van der Waals surface area (Å²) in [6, 6.07) is 6.09. The summed E-state index contributed by atoms with van der Waals surface area (Å²) in [7, 11) is 0. The van der Waals surface area contributed by atoms with E-state index in [4.69, 9.17) is 0 Å². The summed E-state index contributed by atoms with van der Waals surface area (Å²) in [5, 5.41) is 5.08. The van der Waals surface area contributed by atoms with E-state index in [9.17, 15) is 14.0 Å². The number of aryl methyl sites for hydroxylation is 1. The predicted octanol–water partition coefficient (Wildman–Crippen LogP) is 3.94. The monoisotopic (exact) mass is 444 g/mol. The molecule has 2 aromatic rings. The minimum absolute atomic E-state index is 0.174. The molecule has 1 aliphatic carbocycles. The molecule has 2 fully saturated rings. The molecule has 1 N–H and O–H groups in total. The van der Waals surface area contributed by atoms with Gasteiger partial charge >= 0.3 is 0 Å². The summed E-state index contributed by atoms with van der Waals surface area (Å²) in [6.45, 7) is 3.58. The third-order valence-corrected chi connectivity index (χ3v) is 7.04. The van der Waals surface area contributed by atoms with Gasteiger partial charge in [-0.15, -0.1) is 11.3 Å². The van der Waals surface area contributed by atoms with Gasteiger partial charge in [0.15, 0.2) is 5.13 Å². The highest BCUT2D eigenvalue weighted by atomic mass is 32.1. The first kappa shape index (κ1) is 21.9. The predicted molar refractivity (Wildman–Crippen MR) is 120 cm³/mol. The zero-order chi connectivity index (χ0) is 21.6. The fraction of sp³-hybridized carbons (Fsp3) is 0.522. The highest BCUT2D eigenvalue weighted by molar-refractivity contribution is 7.14. The number of nitrogens with zero attached hydrogens (tertiary/aromatic N) is 3. The Morgan fingerprint density at radius 2 is 1.77 bits per heavy atom. The maximum absolute atomic E-state index is 13.0. The third-order valence-electron chi connectivity index (χ3n) is 6.23. The Hall–Kier alpha value is -2.32. The van der Waals surface area contributed by atoms with Crippen molar-refractivity contribution in [3.05, 3.63) is 46.7 Å². The number of piperazine rings is 1. The lowest BCUT2D eigenvalue weighted by Gasteiger charge is -2.40. The van der Waals surface area contributed by atoms with Crippen molar-refractivity contribution in [2.24, 2.45) is 0 Å². The molecule has 2 aliphatic rings. The molecule has 2 amide bonds. The van der Waals surface area contributed by atoms with Gasteiger partial charge in [-0.3, -0.25) is 19.8 Å². The van der Waals surface area contributed by atoms with Crippen molar-refractivity contribution < 1.29 is 14.0 Å². The van der Waals surface area contributed by atoms with Gasteiger partial charge in [-0.2, -0.15) is 0 Å². The summed E-state index contributed by atoms with van der Waals surface area (Å²) in [5.41, 5.74) is 1.18. The second kappa shape index (κ2) is 10.3. The number of hydrogen-bond donors (Lipinski definition) is 1. The van der Waals surface area contributed by atoms with Gasteiger partial charge in [0.05, 0.1) is 5.69 Å². The molecule has 0 unspecified atom stereocenters. The van der Waals surface area contributed by atoms with E-state index >= 15 is 0 Å². The SMILES string of the molecule is O=C(Nc1nc(CCC(=O)N2CCN(C3CCCCC3)CC2)cs1)c1ccc(F)cc1. The molecule has 4 rings (SSSR count). The highest BCUT2D eigenvalue weighted by Crippen LogP contribution is 2.24. The van der Waals surface area contributed by atoms with Gasteiger partial charge in [-0.25, -0.2) is 9.37 Å². The van der Waals surface area contributed by atoms with Crippen LogP contribution in [0.25, 0.3) is 0 Å². The lowest BCUT2D eigenvalue weighted by atomic mass is 9.94. The first-order valence-corrected chi connectivity index (χ1v) is 12.0. The summed E-state index contributed by atoms with van der Waals surface area (Å²) >= 11 is 1.33. The number of halogens is 1. The number of amides is 2. The van der Waals surface area contributed by atoms with Crippen molar-refractivity contribution in [2.75, 3.05) is 31.5 Å². The van der Waals surface area contributed by atoms with Gasteiger partial charge in [0.25, 0.3) is 5.91 Å². The van der Waals surface area contributed by atoms with Gasteiger partial charge in [-0.05, 0) is 43.5 Å². The second-order valence-electron chi connectivity index (χ2n) is 8.31. The Morgan fingerprint density at radius 1 is 1.06 bits per heavy atom. The maximum Gasteiger partial charge on any atom is 0.257 e. The molecular formula is C23H29FN4O2S. The average Bonchev–Trinajstić information content (AvgIpc) is 3.26. The van der Waals surface area contributed by atoms with Crippen molar-refractivity contribution in [3.63, 3.8) is 0 Å². The van der Waals surface area contributed by atoms with Crippen LogP contribution in [0.3, 0.4) is 0 Å². The molecule has 0 radical (unpaired) electrons. The fourth-order valence-electron chi connectivity index (χ4n) is 4.43. The van der Waals surface area contributed by atoms with Crippen molar-refractivity contribution in [3.8, 4) is 0 Å². The largest absolute Gasteiger partial charge is 0.340 e. The number of rotatable bonds is 6. The van der Waals surface area contributed by atoms with E-state index in [0.29, 0.717) is 29.6 Å². The lowest BCUT2D eigenvalue weighted by molar-refractivity contribution is -0.133. The number of hydrogen-bond acceptors (Lipinski definition) is 5. The van der Waals surface area contributed by atoms with Gasteiger partial charge in [0, 0.05) is 49.6 Å². The Balaban J connectivity index is 1.21. The fourth-order valence-corrected chi connectivity index (χ4v) is 5.17. The number of thiazole rings is 1. The molecule has 1 aromatic heterocycles. The third kappa shape index (κ3) is 5.89. The van der Waals surface area contributed by atoms with E-state index in [2.05, 4.69) is 15.2 Å². The van der Waals surface area contributed by atoms with Gasteiger partial charge in [0.2, 0.25) is 5.91 Å². The first-order chi connectivity index (χ1) is 15.1. The summed E-state index contributed by atoms with van der Waals surface area (Å²) in [6.07, 6.45) is 7.63. The topological polar surface area (TPSA) is 65.5 Å². The Kier molecular flexibility index (Phi) is 7.29. The van der Waals surface area contributed by atoms with Crippen LogP contribution in [0, 0.1) is 5.82 Å². The van der Waals surface area contributed by atoms with Crippen LogP contribution in [-0.2, 0) is 11.2 Å². The van der Waals surface area contributed by atoms with E-state index < -0.39 is 0 Å². The molecule has 6 nitrogen and oxygen atoms in total. The van der Waals surface area contributed by atoms with Crippen LogP contribution in [0.5, 0.6) is 0 Å². The molecule has 1 saturated carbocycles. The Labute approximate surface area is 186 Å². The normalized spacial score (nSPS) is 18.2.